The summed E-state index contributed by atoms with van der Waals surface area (Å²) in [4.78, 5) is 29.0. The first-order valence-corrected chi connectivity index (χ1v) is 10.0. The van der Waals surface area contributed by atoms with Crippen molar-refractivity contribution in [1.29, 1.82) is 0 Å². The Bertz CT molecular complexity index is 651. The third kappa shape index (κ3) is 4.33. The Labute approximate surface area is 160 Å². The van der Waals surface area contributed by atoms with Gasteiger partial charge in [-0.2, -0.15) is 0 Å². The smallest absolute Gasteiger partial charge is 0.227 e. The number of likely N-dealkylation sites (tertiary alicyclic amines) is 2. The molecule has 2 amide bonds. The van der Waals surface area contributed by atoms with E-state index in [1.165, 1.54) is 5.56 Å². The average Bonchev–Trinajstić information content (AvgIpc) is 3.37. The van der Waals surface area contributed by atoms with E-state index >= 15 is 0 Å². The van der Waals surface area contributed by atoms with Gasteiger partial charge >= 0.3 is 0 Å². The van der Waals surface area contributed by atoms with Gasteiger partial charge in [-0.1, -0.05) is 30.3 Å². The second-order valence-electron chi connectivity index (χ2n) is 7.75. The molecule has 0 N–H and O–H groups in total. The Kier molecular flexibility index (Phi) is 5.74. The Balaban J connectivity index is 1.25. The van der Waals surface area contributed by atoms with Crippen molar-refractivity contribution in [3.8, 4) is 0 Å². The molecule has 3 saturated heterocycles. The molecule has 0 spiro atoms. The van der Waals surface area contributed by atoms with Gasteiger partial charge in [-0.3, -0.25) is 9.59 Å². The van der Waals surface area contributed by atoms with Crippen LogP contribution in [-0.4, -0.2) is 67.3 Å². The zero-order valence-electron chi connectivity index (χ0n) is 15.7. The zero-order chi connectivity index (χ0) is 18.6. The van der Waals surface area contributed by atoms with Crippen molar-refractivity contribution in [2.24, 2.45) is 11.8 Å². The van der Waals surface area contributed by atoms with E-state index in [1.807, 2.05) is 28.0 Å². The Morgan fingerprint density at radius 1 is 1.07 bits per heavy atom. The van der Waals surface area contributed by atoms with Crippen LogP contribution in [0.2, 0.25) is 0 Å². The van der Waals surface area contributed by atoms with Gasteiger partial charge in [0.25, 0.3) is 0 Å². The van der Waals surface area contributed by atoms with Crippen LogP contribution in [0.15, 0.2) is 30.3 Å². The maximum atomic E-state index is 12.9. The summed E-state index contributed by atoms with van der Waals surface area (Å²) in [5, 5.41) is 0. The highest BCUT2D eigenvalue weighted by Gasteiger charge is 2.38. The number of rotatable bonds is 5. The Morgan fingerprint density at radius 3 is 2.48 bits per heavy atom. The predicted octanol–water partition coefficient (Wildman–Crippen LogP) is 1.69. The summed E-state index contributed by atoms with van der Waals surface area (Å²) in [6.07, 6.45) is 2.91. The first-order valence-electron chi connectivity index (χ1n) is 10.0. The molecule has 0 aliphatic carbocycles. The molecule has 1 unspecified atom stereocenters. The molecule has 27 heavy (non-hydrogen) atoms. The van der Waals surface area contributed by atoms with E-state index < -0.39 is 0 Å². The molecule has 0 saturated carbocycles. The van der Waals surface area contributed by atoms with Gasteiger partial charge in [0.1, 0.15) is 0 Å². The topological polar surface area (TPSA) is 59.1 Å². The number of nitrogens with zero attached hydrogens (tertiary/aromatic N) is 2. The fraction of sp³-hybridized carbons (Fsp3) is 0.619. The number of benzene rings is 1. The number of amides is 2. The summed E-state index contributed by atoms with van der Waals surface area (Å²) in [5.74, 6) is 0.428. The van der Waals surface area contributed by atoms with Crippen LogP contribution < -0.4 is 0 Å². The third-order valence-electron chi connectivity index (χ3n) is 5.96. The van der Waals surface area contributed by atoms with Crippen molar-refractivity contribution in [2.45, 2.75) is 32.0 Å². The molecule has 1 aromatic carbocycles. The summed E-state index contributed by atoms with van der Waals surface area (Å²) < 4.78 is 11.2. The Morgan fingerprint density at radius 2 is 1.78 bits per heavy atom. The molecule has 0 radical (unpaired) electrons. The van der Waals surface area contributed by atoms with Crippen molar-refractivity contribution in [2.75, 3.05) is 39.4 Å². The standard InChI is InChI=1S/C21H28N2O4/c24-19-14-18(15-23(19)9-6-16-4-2-1-3-5-16)20(25)22-10-7-17(8-11-22)21-26-12-13-27-21/h1-5,17-18,21H,6-15H2. The number of carbonyl (C=O) groups excluding carboxylic acids is 2. The SMILES string of the molecule is O=C1CC(C(=O)N2CCC(C3OCCO3)CC2)CN1CCc1ccccc1. The van der Waals surface area contributed by atoms with Gasteiger partial charge in [0.2, 0.25) is 11.8 Å². The van der Waals surface area contributed by atoms with E-state index in [2.05, 4.69) is 12.1 Å². The van der Waals surface area contributed by atoms with E-state index in [0.29, 0.717) is 38.6 Å². The quantitative estimate of drug-likeness (QED) is 0.789. The zero-order valence-corrected chi connectivity index (χ0v) is 15.7. The summed E-state index contributed by atoms with van der Waals surface area (Å²) in [6, 6.07) is 10.2. The molecule has 1 atom stereocenters. The highest BCUT2D eigenvalue weighted by Crippen LogP contribution is 2.28. The van der Waals surface area contributed by atoms with Crippen molar-refractivity contribution in [3.05, 3.63) is 35.9 Å². The average molecular weight is 372 g/mol. The molecule has 1 aromatic rings. The maximum absolute atomic E-state index is 12.9. The van der Waals surface area contributed by atoms with E-state index in [0.717, 1.165) is 32.4 Å². The molecular weight excluding hydrogens is 344 g/mol. The summed E-state index contributed by atoms with van der Waals surface area (Å²) in [7, 11) is 0. The molecule has 6 heteroatoms. The monoisotopic (exact) mass is 372 g/mol. The van der Waals surface area contributed by atoms with Crippen molar-refractivity contribution in [1.82, 2.24) is 9.80 Å². The lowest BCUT2D eigenvalue weighted by Crippen LogP contribution is -2.44. The van der Waals surface area contributed by atoms with Gasteiger partial charge in [0, 0.05) is 38.5 Å². The maximum Gasteiger partial charge on any atom is 0.227 e. The van der Waals surface area contributed by atoms with E-state index in [9.17, 15) is 9.59 Å². The molecule has 0 aromatic heterocycles. The van der Waals surface area contributed by atoms with Crippen LogP contribution in [0.1, 0.15) is 24.8 Å². The molecule has 3 aliphatic rings. The second-order valence-corrected chi connectivity index (χ2v) is 7.75. The lowest BCUT2D eigenvalue weighted by atomic mass is 9.95. The fourth-order valence-electron chi connectivity index (χ4n) is 4.36. The van der Waals surface area contributed by atoms with Crippen LogP contribution in [0.5, 0.6) is 0 Å². The van der Waals surface area contributed by atoms with Crippen LogP contribution in [0, 0.1) is 11.8 Å². The van der Waals surface area contributed by atoms with Gasteiger partial charge < -0.3 is 19.3 Å². The van der Waals surface area contributed by atoms with Crippen LogP contribution in [0.4, 0.5) is 0 Å². The lowest BCUT2D eigenvalue weighted by Gasteiger charge is -2.35. The number of ether oxygens (including phenoxy) is 2. The minimum Gasteiger partial charge on any atom is -0.350 e. The first kappa shape index (κ1) is 18.4. The summed E-state index contributed by atoms with van der Waals surface area (Å²) in [5.41, 5.74) is 1.22. The number of hydrogen-bond donors (Lipinski definition) is 0. The molecule has 3 heterocycles. The highest BCUT2D eigenvalue weighted by molar-refractivity contribution is 5.89. The van der Waals surface area contributed by atoms with Gasteiger partial charge in [0.05, 0.1) is 19.1 Å². The van der Waals surface area contributed by atoms with Crippen molar-refractivity contribution < 1.29 is 19.1 Å². The molecule has 0 bridgehead atoms. The minimum absolute atomic E-state index is 0.0937. The molecule has 146 valence electrons. The number of carbonyl (C=O) groups is 2. The van der Waals surface area contributed by atoms with E-state index in [-0.39, 0.29) is 24.0 Å². The number of piperidine rings is 1. The van der Waals surface area contributed by atoms with Crippen molar-refractivity contribution >= 4 is 11.8 Å². The van der Waals surface area contributed by atoms with Gasteiger partial charge in [-0.25, -0.2) is 0 Å². The van der Waals surface area contributed by atoms with Crippen LogP contribution in [0.25, 0.3) is 0 Å². The number of hydrogen-bond acceptors (Lipinski definition) is 4. The molecular formula is C21H28N2O4. The molecule has 3 fully saturated rings. The van der Waals surface area contributed by atoms with Crippen LogP contribution >= 0.6 is 0 Å². The highest BCUT2D eigenvalue weighted by atomic mass is 16.7. The van der Waals surface area contributed by atoms with Gasteiger partial charge in [0.15, 0.2) is 6.29 Å². The predicted molar refractivity (Wildman–Crippen MR) is 99.8 cm³/mol. The van der Waals surface area contributed by atoms with Gasteiger partial charge in [-0.05, 0) is 24.8 Å². The Hall–Kier alpha value is -1.92. The van der Waals surface area contributed by atoms with Crippen molar-refractivity contribution in [3.63, 3.8) is 0 Å². The molecule has 3 aliphatic heterocycles. The van der Waals surface area contributed by atoms with E-state index in [1.54, 1.807) is 0 Å². The van der Waals surface area contributed by atoms with E-state index in [4.69, 9.17) is 9.47 Å². The normalized spacial score (nSPS) is 24.7. The molecule has 4 rings (SSSR count). The summed E-state index contributed by atoms with van der Waals surface area (Å²) in [6.45, 7) is 4.06. The van der Waals surface area contributed by atoms with Crippen LogP contribution in [0.3, 0.4) is 0 Å². The molecule has 6 nitrogen and oxygen atoms in total. The van der Waals surface area contributed by atoms with Crippen LogP contribution in [-0.2, 0) is 25.5 Å². The van der Waals surface area contributed by atoms with Gasteiger partial charge in [-0.15, -0.1) is 0 Å². The third-order valence-corrected chi connectivity index (χ3v) is 5.96. The second kappa shape index (κ2) is 8.40. The first-order chi connectivity index (χ1) is 13.2. The fourth-order valence-corrected chi connectivity index (χ4v) is 4.36. The summed E-state index contributed by atoms with van der Waals surface area (Å²) >= 11 is 0. The largest absolute Gasteiger partial charge is 0.350 e. The minimum atomic E-state index is -0.191. The lowest BCUT2D eigenvalue weighted by molar-refractivity contribution is -0.140.